The molecule has 1 atom stereocenters. The fourth-order valence-corrected chi connectivity index (χ4v) is 4.81. The van der Waals surface area contributed by atoms with Crippen LogP contribution in [0.1, 0.15) is 35.9 Å². The summed E-state index contributed by atoms with van der Waals surface area (Å²) >= 11 is 2.62. The van der Waals surface area contributed by atoms with E-state index in [2.05, 4.69) is 9.88 Å². The molecule has 124 valence electrons. The van der Waals surface area contributed by atoms with Gasteiger partial charge in [0.2, 0.25) is 0 Å². The molecule has 0 bridgehead atoms. The minimum absolute atomic E-state index is 0.0594. The van der Waals surface area contributed by atoms with Crippen molar-refractivity contribution in [2.45, 2.75) is 25.2 Å². The van der Waals surface area contributed by atoms with Crippen LogP contribution in [0.3, 0.4) is 0 Å². The number of hydrogen-bond donors (Lipinski definition) is 1. The van der Waals surface area contributed by atoms with E-state index in [0.29, 0.717) is 20.7 Å². The first-order valence-electron chi connectivity index (χ1n) is 7.99. The highest BCUT2D eigenvalue weighted by Gasteiger charge is 2.38. The summed E-state index contributed by atoms with van der Waals surface area (Å²) in [6.07, 6.45) is 7.09. The molecule has 5 nitrogen and oxygen atoms in total. The molecule has 2 saturated heterocycles. The Hall–Kier alpha value is -1.86. The number of anilines is 1. The van der Waals surface area contributed by atoms with Crippen molar-refractivity contribution in [3.8, 4) is 0 Å². The quantitative estimate of drug-likeness (QED) is 0.834. The van der Waals surface area contributed by atoms with Gasteiger partial charge in [0.1, 0.15) is 16.7 Å². The Bertz CT molecular complexity index is 789. The van der Waals surface area contributed by atoms with Crippen LogP contribution in [0.2, 0.25) is 0 Å². The molecule has 0 amide bonds. The van der Waals surface area contributed by atoms with Crippen LogP contribution in [0.15, 0.2) is 33.0 Å². The number of aromatic nitrogens is 1. The Balaban J connectivity index is 1.55. The average Bonchev–Trinajstić information content (AvgIpc) is 3.31. The summed E-state index contributed by atoms with van der Waals surface area (Å²) in [6.45, 7) is 2.04. The predicted molar refractivity (Wildman–Crippen MR) is 97.9 cm³/mol. The van der Waals surface area contributed by atoms with E-state index in [1.54, 1.807) is 12.3 Å². The molecule has 7 heteroatoms. The van der Waals surface area contributed by atoms with Crippen molar-refractivity contribution in [2.75, 3.05) is 18.0 Å². The molecule has 2 aliphatic heterocycles. The molecule has 0 aromatic carbocycles. The van der Waals surface area contributed by atoms with Crippen molar-refractivity contribution in [3.63, 3.8) is 0 Å². The van der Waals surface area contributed by atoms with Gasteiger partial charge in [-0.25, -0.2) is 4.98 Å². The lowest BCUT2D eigenvalue weighted by atomic mass is 10.1. The second-order valence-corrected chi connectivity index (χ2v) is 7.88. The number of allylic oxidation sites excluding steroid dienone is 1. The zero-order valence-corrected chi connectivity index (χ0v) is 14.7. The summed E-state index contributed by atoms with van der Waals surface area (Å²) in [4.78, 5) is 19.6. The monoisotopic (exact) mass is 359 g/mol. The van der Waals surface area contributed by atoms with Gasteiger partial charge in [0.15, 0.2) is 11.7 Å². The van der Waals surface area contributed by atoms with E-state index in [-0.39, 0.29) is 5.78 Å². The van der Waals surface area contributed by atoms with E-state index in [4.69, 9.17) is 9.83 Å². The van der Waals surface area contributed by atoms with E-state index in [9.17, 15) is 4.79 Å². The van der Waals surface area contributed by atoms with Crippen molar-refractivity contribution in [1.29, 1.82) is 5.41 Å². The van der Waals surface area contributed by atoms with Crippen LogP contribution in [-0.4, -0.2) is 28.9 Å². The summed E-state index contributed by atoms with van der Waals surface area (Å²) in [7, 11) is 0. The minimum atomic E-state index is -0.544. The number of carbonyl (C=O) groups excluding carboxylic acids is 1. The number of piperidine rings is 1. The van der Waals surface area contributed by atoms with Gasteiger partial charge >= 0.3 is 0 Å². The van der Waals surface area contributed by atoms with Crippen molar-refractivity contribution in [2.24, 2.45) is 0 Å². The number of furan rings is 1. The summed E-state index contributed by atoms with van der Waals surface area (Å²) in [5.74, 6) is 0.927. The number of ketones is 1. The third-order valence-corrected chi connectivity index (χ3v) is 6.07. The van der Waals surface area contributed by atoms with Gasteiger partial charge in [-0.3, -0.25) is 10.2 Å². The van der Waals surface area contributed by atoms with E-state index in [0.717, 1.165) is 19.0 Å². The van der Waals surface area contributed by atoms with Crippen molar-refractivity contribution in [3.05, 3.63) is 39.4 Å². The third-order valence-electron chi connectivity index (χ3n) is 4.24. The maximum Gasteiger partial charge on any atom is 0.196 e. The second-order valence-electron chi connectivity index (χ2n) is 5.87. The van der Waals surface area contributed by atoms with Crippen LogP contribution < -0.4 is 4.90 Å². The fraction of sp³-hybridized carbons (Fsp3) is 0.353. The molecular formula is C17H17N3O2S2. The standard InChI is InChI=1S/C17H17N3O2S2/c18-16-14(17-19-6-9-23-17)15(21)12(24-16)10-11-4-5-13(22-11)20-7-2-1-3-8-20/h4-6,9-10,14,18H,1-3,7-8H2/b12-10-,18-16?/t14-/m1/s1. The van der Waals surface area contributed by atoms with Crippen molar-refractivity contribution >= 4 is 45.9 Å². The molecule has 1 N–H and O–H groups in total. The Morgan fingerprint density at radius 1 is 1.29 bits per heavy atom. The zero-order chi connectivity index (χ0) is 16.5. The number of thiazole rings is 1. The molecule has 2 aromatic rings. The van der Waals surface area contributed by atoms with Gasteiger partial charge in [0, 0.05) is 30.7 Å². The molecule has 24 heavy (non-hydrogen) atoms. The van der Waals surface area contributed by atoms with E-state index >= 15 is 0 Å². The maximum atomic E-state index is 12.6. The van der Waals surface area contributed by atoms with Gasteiger partial charge in [-0.05, 0) is 31.4 Å². The molecule has 2 fully saturated rings. The van der Waals surface area contributed by atoms with Gasteiger partial charge in [-0.1, -0.05) is 11.8 Å². The Labute approximate surface area is 148 Å². The molecule has 0 aliphatic carbocycles. The highest BCUT2D eigenvalue weighted by molar-refractivity contribution is 8.19. The maximum absolute atomic E-state index is 12.6. The molecular weight excluding hydrogens is 342 g/mol. The normalized spacial score (nSPS) is 23.4. The van der Waals surface area contributed by atoms with E-state index in [1.165, 1.54) is 42.4 Å². The van der Waals surface area contributed by atoms with Crippen LogP contribution in [0, 0.1) is 5.41 Å². The first-order chi connectivity index (χ1) is 11.7. The molecule has 0 spiro atoms. The number of carbonyl (C=O) groups is 1. The Morgan fingerprint density at radius 2 is 2.12 bits per heavy atom. The fourth-order valence-electron chi connectivity index (χ4n) is 3.02. The summed E-state index contributed by atoms with van der Waals surface area (Å²) in [6, 6.07) is 3.86. The second kappa shape index (κ2) is 6.57. The summed E-state index contributed by atoms with van der Waals surface area (Å²) in [5.41, 5.74) is 0. The van der Waals surface area contributed by atoms with E-state index in [1.807, 2.05) is 17.5 Å². The van der Waals surface area contributed by atoms with Crippen LogP contribution in [0.25, 0.3) is 6.08 Å². The number of nitrogens with one attached hydrogen (secondary N) is 1. The highest BCUT2D eigenvalue weighted by atomic mass is 32.2. The topological polar surface area (TPSA) is 70.2 Å². The number of thioether (sulfide) groups is 1. The highest BCUT2D eigenvalue weighted by Crippen LogP contribution is 2.41. The lowest BCUT2D eigenvalue weighted by molar-refractivity contribution is -0.114. The third kappa shape index (κ3) is 2.93. The molecule has 0 radical (unpaired) electrons. The number of Topliss-reactive ketones (excluding diaryl/α,β-unsaturated/α-hetero) is 1. The van der Waals surface area contributed by atoms with Crippen LogP contribution in [0.4, 0.5) is 5.88 Å². The smallest absolute Gasteiger partial charge is 0.196 e. The van der Waals surface area contributed by atoms with Crippen molar-refractivity contribution < 1.29 is 9.21 Å². The lowest BCUT2D eigenvalue weighted by Gasteiger charge is -2.25. The first kappa shape index (κ1) is 15.7. The molecule has 2 aliphatic rings. The number of hydrogen-bond acceptors (Lipinski definition) is 7. The van der Waals surface area contributed by atoms with Gasteiger partial charge < -0.3 is 9.32 Å². The van der Waals surface area contributed by atoms with Gasteiger partial charge in [0.05, 0.1) is 9.95 Å². The molecule has 0 saturated carbocycles. The summed E-state index contributed by atoms with van der Waals surface area (Å²) in [5, 5.41) is 11.0. The zero-order valence-electron chi connectivity index (χ0n) is 13.0. The van der Waals surface area contributed by atoms with Gasteiger partial charge in [-0.2, -0.15) is 0 Å². The van der Waals surface area contributed by atoms with Crippen molar-refractivity contribution in [1.82, 2.24) is 4.98 Å². The lowest BCUT2D eigenvalue weighted by Crippen LogP contribution is -2.28. The molecule has 4 heterocycles. The van der Waals surface area contributed by atoms with E-state index < -0.39 is 5.92 Å². The Morgan fingerprint density at radius 3 is 2.88 bits per heavy atom. The summed E-state index contributed by atoms with van der Waals surface area (Å²) < 4.78 is 5.90. The Kier molecular flexibility index (Phi) is 4.28. The van der Waals surface area contributed by atoms with Crippen LogP contribution in [-0.2, 0) is 4.79 Å². The SMILES string of the molecule is N=C1S/C(=C\c2ccc(N3CCCCC3)o2)C(=O)[C@H]1c1nccs1. The number of nitrogens with zero attached hydrogens (tertiary/aromatic N) is 2. The predicted octanol–water partition coefficient (Wildman–Crippen LogP) is 4.14. The first-order valence-corrected chi connectivity index (χ1v) is 9.68. The van der Waals surface area contributed by atoms with Gasteiger partial charge in [-0.15, -0.1) is 11.3 Å². The van der Waals surface area contributed by atoms with Crippen LogP contribution in [0.5, 0.6) is 0 Å². The minimum Gasteiger partial charge on any atom is -0.441 e. The average molecular weight is 359 g/mol. The largest absolute Gasteiger partial charge is 0.441 e. The molecule has 2 aromatic heterocycles. The molecule has 0 unspecified atom stereocenters. The van der Waals surface area contributed by atoms with Crippen LogP contribution >= 0.6 is 23.1 Å². The number of rotatable bonds is 3. The van der Waals surface area contributed by atoms with Gasteiger partial charge in [0.25, 0.3) is 0 Å². The molecule has 4 rings (SSSR count).